The normalized spacial score (nSPS) is 18.9. The van der Waals surface area contributed by atoms with Gasteiger partial charge in [-0.05, 0) is 24.1 Å². The van der Waals surface area contributed by atoms with Crippen molar-refractivity contribution in [3.63, 3.8) is 0 Å². The number of hydrogen-bond acceptors (Lipinski definition) is 4. The first-order valence-corrected chi connectivity index (χ1v) is 6.52. The second kappa shape index (κ2) is 7.11. The Bertz CT molecular complexity index is 400. The Morgan fingerprint density at radius 1 is 1.47 bits per heavy atom. The lowest BCUT2D eigenvalue weighted by Gasteiger charge is -2.22. The highest BCUT2D eigenvalue weighted by Crippen LogP contribution is 2.11. The first kappa shape index (κ1) is 13.8. The van der Waals surface area contributed by atoms with E-state index in [-0.39, 0.29) is 12.0 Å². The molecule has 1 heterocycles. The van der Waals surface area contributed by atoms with Gasteiger partial charge in [-0.25, -0.2) is 0 Å². The Morgan fingerprint density at radius 3 is 2.89 bits per heavy atom. The van der Waals surface area contributed by atoms with Crippen LogP contribution in [0.5, 0.6) is 5.75 Å². The van der Waals surface area contributed by atoms with Gasteiger partial charge in [-0.15, -0.1) is 0 Å². The van der Waals surface area contributed by atoms with Crippen LogP contribution in [0, 0.1) is 0 Å². The van der Waals surface area contributed by atoms with Gasteiger partial charge >= 0.3 is 0 Å². The van der Waals surface area contributed by atoms with E-state index in [4.69, 9.17) is 9.47 Å². The minimum Gasteiger partial charge on any atom is -0.497 e. The molecule has 104 valence electrons. The van der Waals surface area contributed by atoms with E-state index in [0.29, 0.717) is 19.7 Å². The average Bonchev–Trinajstić information content (AvgIpc) is 2.49. The highest BCUT2D eigenvalue weighted by atomic mass is 16.5. The molecule has 1 aromatic rings. The number of benzene rings is 1. The van der Waals surface area contributed by atoms with Crippen LogP contribution in [-0.2, 0) is 16.0 Å². The summed E-state index contributed by atoms with van der Waals surface area (Å²) in [5.74, 6) is 0.801. The highest BCUT2D eigenvalue weighted by Gasteiger charge is 2.20. The predicted octanol–water partition coefficient (Wildman–Crippen LogP) is 0.342. The van der Waals surface area contributed by atoms with Gasteiger partial charge in [0, 0.05) is 19.6 Å². The topological polar surface area (TPSA) is 59.6 Å². The Hall–Kier alpha value is -1.59. The molecule has 0 aliphatic carbocycles. The lowest BCUT2D eigenvalue weighted by Crippen LogP contribution is -2.48. The number of rotatable bonds is 5. The summed E-state index contributed by atoms with van der Waals surface area (Å²) in [4.78, 5) is 11.8. The van der Waals surface area contributed by atoms with Crippen LogP contribution in [0.25, 0.3) is 0 Å². The molecule has 0 aromatic heterocycles. The van der Waals surface area contributed by atoms with E-state index < -0.39 is 0 Å². The largest absolute Gasteiger partial charge is 0.497 e. The molecule has 0 bridgehead atoms. The maximum atomic E-state index is 11.8. The van der Waals surface area contributed by atoms with Crippen molar-refractivity contribution in [1.82, 2.24) is 10.6 Å². The predicted molar refractivity (Wildman–Crippen MR) is 72.3 cm³/mol. The summed E-state index contributed by atoms with van der Waals surface area (Å²) in [6, 6.07) is 7.85. The summed E-state index contributed by atoms with van der Waals surface area (Å²) in [5.41, 5.74) is 1.17. The molecule has 2 rings (SSSR count). The number of carbonyl (C=O) groups is 1. The zero-order valence-corrected chi connectivity index (χ0v) is 11.1. The van der Waals surface area contributed by atoms with E-state index in [1.807, 2.05) is 24.3 Å². The van der Waals surface area contributed by atoms with Crippen LogP contribution in [0.15, 0.2) is 24.3 Å². The lowest BCUT2D eigenvalue weighted by atomic mass is 10.1. The van der Waals surface area contributed by atoms with Crippen molar-refractivity contribution < 1.29 is 14.3 Å². The first-order chi connectivity index (χ1) is 9.29. The smallest absolute Gasteiger partial charge is 0.250 e. The molecule has 5 heteroatoms. The van der Waals surface area contributed by atoms with Gasteiger partial charge in [-0.1, -0.05) is 12.1 Å². The summed E-state index contributed by atoms with van der Waals surface area (Å²) < 4.78 is 10.5. The molecule has 19 heavy (non-hydrogen) atoms. The van der Waals surface area contributed by atoms with Crippen LogP contribution in [0.3, 0.4) is 0 Å². The van der Waals surface area contributed by atoms with Crippen LogP contribution in [-0.4, -0.2) is 45.4 Å². The van der Waals surface area contributed by atoms with E-state index in [0.717, 1.165) is 18.7 Å². The van der Waals surface area contributed by atoms with Gasteiger partial charge in [-0.3, -0.25) is 4.79 Å². The van der Waals surface area contributed by atoms with Gasteiger partial charge in [0.25, 0.3) is 0 Å². The molecule has 2 N–H and O–H groups in total. The quantitative estimate of drug-likeness (QED) is 0.805. The molecule has 0 radical (unpaired) electrons. The molecule has 1 atom stereocenters. The minimum absolute atomic E-state index is 0.0410. The Labute approximate surface area is 113 Å². The van der Waals surface area contributed by atoms with Crippen molar-refractivity contribution in [2.24, 2.45) is 0 Å². The van der Waals surface area contributed by atoms with Crippen LogP contribution in [0.4, 0.5) is 0 Å². The van der Waals surface area contributed by atoms with Gasteiger partial charge in [0.15, 0.2) is 0 Å². The fourth-order valence-electron chi connectivity index (χ4n) is 1.97. The number of methoxy groups -OCH3 is 1. The van der Waals surface area contributed by atoms with Gasteiger partial charge in [0.1, 0.15) is 11.9 Å². The molecule has 1 amide bonds. The fraction of sp³-hybridized carbons (Fsp3) is 0.500. The monoisotopic (exact) mass is 264 g/mol. The molecule has 1 aliphatic rings. The second-order valence-corrected chi connectivity index (χ2v) is 4.45. The Balaban J connectivity index is 1.71. The van der Waals surface area contributed by atoms with Gasteiger partial charge in [0.2, 0.25) is 5.91 Å². The zero-order chi connectivity index (χ0) is 13.5. The molecule has 0 spiro atoms. The third kappa shape index (κ3) is 4.22. The number of ether oxygens (including phenoxy) is 2. The van der Waals surface area contributed by atoms with Crippen LogP contribution < -0.4 is 15.4 Å². The SMILES string of the molecule is COc1ccc(CCNC(=O)C2CNCCO2)cc1. The molecule has 5 nitrogen and oxygen atoms in total. The number of nitrogens with one attached hydrogen (secondary N) is 2. The highest BCUT2D eigenvalue weighted by molar-refractivity contribution is 5.81. The number of carbonyl (C=O) groups excluding carboxylic acids is 1. The second-order valence-electron chi connectivity index (χ2n) is 4.45. The minimum atomic E-state index is -0.357. The summed E-state index contributed by atoms with van der Waals surface area (Å²) in [5, 5.41) is 6.03. The summed E-state index contributed by atoms with van der Waals surface area (Å²) in [6.07, 6.45) is 0.445. The number of morpholine rings is 1. The van der Waals surface area contributed by atoms with Gasteiger partial charge in [-0.2, -0.15) is 0 Å². The van der Waals surface area contributed by atoms with E-state index >= 15 is 0 Å². The van der Waals surface area contributed by atoms with Crippen LogP contribution in [0.1, 0.15) is 5.56 Å². The van der Waals surface area contributed by atoms with Crippen molar-refractivity contribution in [1.29, 1.82) is 0 Å². The number of amides is 1. The fourth-order valence-corrected chi connectivity index (χ4v) is 1.97. The molecule has 1 fully saturated rings. The summed E-state index contributed by atoms with van der Waals surface area (Å²) in [6.45, 7) is 2.62. The van der Waals surface area contributed by atoms with E-state index in [2.05, 4.69) is 10.6 Å². The molecular formula is C14H20N2O3. The molecule has 1 unspecified atom stereocenters. The van der Waals surface area contributed by atoms with Gasteiger partial charge in [0.05, 0.1) is 13.7 Å². The molecule has 1 aromatic carbocycles. The first-order valence-electron chi connectivity index (χ1n) is 6.52. The maximum Gasteiger partial charge on any atom is 0.250 e. The summed E-state index contributed by atoms with van der Waals surface area (Å²) >= 11 is 0. The maximum absolute atomic E-state index is 11.8. The van der Waals surface area contributed by atoms with E-state index in [1.165, 1.54) is 5.56 Å². The van der Waals surface area contributed by atoms with E-state index in [1.54, 1.807) is 7.11 Å². The van der Waals surface area contributed by atoms with Crippen molar-refractivity contribution in [3.8, 4) is 5.75 Å². The Kier molecular flexibility index (Phi) is 5.18. The van der Waals surface area contributed by atoms with Crippen LogP contribution >= 0.6 is 0 Å². The molecular weight excluding hydrogens is 244 g/mol. The summed E-state index contributed by atoms with van der Waals surface area (Å²) in [7, 11) is 1.65. The standard InChI is InChI=1S/C14H20N2O3/c1-18-12-4-2-11(3-5-12)6-7-16-14(17)13-10-15-8-9-19-13/h2-5,13,15H,6-10H2,1H3,(H,16,17). The van der Waals surface area contributed by atoms with Crippen LogP contribution in [0.2, 0.25) is 0 Å². The van der Waals surface area contributed by atoms with Crippen molar-refractivity contribution >= 4 is 5.91 Å². The lowest BCUT2D eigenvalue weighted by molar-refractivity contribution is -0.134. The molecule has 0 saturated carbocycles. The van der Waals surface area contributed by atoms with Crippen molar-refractivity contribution in [2.45, 2.75) is 12.5 Å². The molecule has 1 aliphatic heterocycles. The van der Waals surface area contributed by atoms with Crippen molar-refractivity contribution in [2.75, 3.05) is 33.4 Å². The third-order valence-electron chi connectivity index (χ3n) is 3.09. The third-order valence-corrected chi connectivity index (χ3v) is 3.09. The number of hydrogen-bond donors (Lipinski definition) is 2. The average molecular weight is 264 g/mol. The Morgan fingerprint density at radius 2 is 2.26 bits per heavy atom. The van der Waals surface area contributed by atoms with Gasteiger partial charge < -0.3 is 20.1 Å². The van der Waals surface area contributed by atoms with E-state index in [9.17, 15) is 4.79 Å². The molecule has 1 saturated heterocycles. The van der Waals surface area contributed by atoms with Crippen molar-refractivity contribution in [3.05, 3.63) is 29.8 Å². The zero-order valence-electron chi connectivity index (χ0n) is 11.1.